The van der Waals surface area contributed by atoms with Crippen LogP contribution in [0.25, 0.3) is 15.9 Å². The maximum Gasteiger partial charge on any atom is 0.276 e. The van der Waals surface area contributed by atoms with Gasteiger partial charge in [-0.1, -0.05) is 47.6 Å². The molecule has 2 aromatic heterocycles. The van der Waals surface area contributed by atoms with Crippen molar-refractivity contribution in [3.8, 4) is 5.69 Å². The highest BCUT2D eigenvalue weighted by Crippen LogP contribution is 2.28. The molecule has 0 fully saturated rings. The van der Waals surface area contributed by atoms with Crippen LogP contribution in [-0.2, 0) is 5.75 Å². The van der Waals surface area contributed by atoms with Crippen molar-refractivity contribution in [2.45, 2.75) is 24.8 Å². The van der Waals surface area contributed by atoms with Crippen molar-refractivity contribution in [3.05, 3.63) is 86.0 Å². The Bertz CT molecular complexity index is 1200. The van der Waals surface area contributed by atoms with Crippen molar-refractivity contribution < 1.29 is 0 Å². The summed E-state index contributed by atoms with van der Waals surface area (Å²) in [5.74, 6) is 0.751. The van der Waals surface area contributed by atoms with E-state index in [-0.39, 0.29) is 5.56 Å². The highest BCUT2D eigenvalue weighted by Gasteiger charge is 2.15. The van der Waals surface area contributed by atoms with E-state index in [0.717, 1.165) is 22.5 Å². The zero-order chi connectivity index (χ0) is 19.0. The first-order chi connectivity index (χ1) is 13.0. The minimum Gasteiger partial charge on any atom is -0.267 e. The third kappa shape index (κ3) is 3.55. The normalized spacial score (nSPS) is 11.2. The predicted molar refractivity (Wildman–Crippen MR) is 116 cm³/mol. The summed E-state index contributed by atoms with van der Waals surface area (Å²) in [6.07, 6.45) is 0. The molecule has 2 heterocycles. The molecule has 3 nitrogen and oxygen atoms in total. The Morgan fingerprint density at radius 2 is 1.93 bits per heavy atom. The lowest BCUT2D eigenvalue weighted by atomic mass is 10.1. The van der Waals surface area contributed by atoms with Gasteiger partial charge in [0.1, 0.15) is 4.70 Å². The molecule has 2 aromatic carbocycles. The highest BCUT2D eigenvalue weighted by atomic mass is 35.5. The van der Waals surface area contributed by atoms with Gasteiger partial charge >= 0.3 is 0 Å². The van der Waals surface area contributed by atoms with Gasteiger partial charge in [-0.15, -0.1) is 11.3 Å². The molecule has 0 amide bonds. The molecule has 0 atom stereocenters. The summed E-state index contributed by atoms with van der Waals surface area (Å²) < 4.78 is 2.37. The fraction of sp³-hybridized carbons (Fsp3) is 0.143. The second-order valence-electron chi connectivity index (χ2n) is 6.32. The Morgan fingerprint density at radius 1 is 1.11 bits per heavy atom. The van der Waals surface area contributed by atoms with Gasteiger partial charge < -0.3 is 0 Å². The smallest absolute Gasteiger partial charge is 0.267 e. The van der Waals surface area contributed by atoms with E-state index in [2.05, 4.69) is 19.1 Å². The quantitative estimate of drug-likeness (QED) is 0.304. The van der Waals surface area contributed by atoms with Crippen LogP contribution in [0.3, 0.4) is 0 Å². The van der Waals surface area contributed by atoms with Gasteiger partial charge in [0.2, 0.25) is 0 Å². The van der Waals surface area contributed by atoms with E-state index in [9.17, 15) is 4.79 Å². The second-order valence-corrected chi connectivity index (χ2v) is 8.58. The van der Waals surface area contributed by atoms with Crippen LogP contribution in [-0.4, -0.2) is 9.55 Å². The van der Waals surface area contributed by atoms with Gasteiger partial charge in [0, 0.05) is 10.8 Å². The van der Waals surface area contributed by atoms with E-state index in [0.29, 0.717) is 14.9 Å². The molecule has 0 aliphatic carbocycles. The predicted octanol–water partition coefficient (Wildman–Crippen LogP) is 6.01. The number of fused-ring (bicyclic) bond motifs is 1. The standard InChI is InChI=1S/C21H17ClN2OS2/c1-13-5-3-4-6-15(13)12-27-21-23-18-9-10-26-19(18)20(25)24(21)16-7-8-17(22)14(2)11-16/h3-11H,12H2,1-2H3. The molecule has 6 heteroatoms. The topological polar surface area (TPSA) is 34.9 Å². The van der Waals surface area contributed by atoms with E-state index < -0.39 is 0 Å². The summed E-state index contributed by atoms with van der Waals surface area (Å²) in [6, 6.07) is 15.8. The zero-order valence-electron chi connectivity index (χ0n) is 14.9. The molecule has 0 spiro atoms. The number of hydrogen-bond donors (Lipinski definition) is 0. The van der Waals surface area contributed by atoms with Crippen molar-refractivity contribution in [2.24, 2.45) is 0 Å². The number of thiophene rings is 1. The van der Waals surface area contributed by atoms with E-state index in [1.807, 2.05) is 48.7 Å². The average Bonchev–Trinajstić information content (AvgIpc) is 3.13. The van der Waals surface area contributed by atoms with Crippen molar-refractivity contribution in [1.82, 2.24) is 9.55 Å². The van der Waals surface area contributed by atoms with Crippen LogP contribution in [0, 0.1) is 13.8 Å². The minimum atomic E-state index is -0.0380. The largest absolute Gasteiger partial charge is 0.276 e. The molecule has 0 aliphatic heterocycles. The average molecular weight is 413 g/mol. The van der Waals surface area contributed by atoms with Crippen molar-refractivity contribution in [3.63, 3.8) is 0 Å². The number of rotatable bonds is 4. The first-order valence-corrected chi connectivity index (χ1v) is 10.7. The van der Waals surface area contributed by atoms with E-state index in [1.165, 1.54) is 22.5 Å². The molecule has 0 radical (unpaired) electrons. The Kier molecular flexibility index (Phi) is 5.08. The second kappa shape index (κ2) is 7.50. The van der Waals surface area contributed by atoms with Gasteiger partial charge in [-0.25, -0.2) is 4.98 Å². The lowest BCUT2D eigenvalue weighted by Gasteiger charge is -2.13. The van der Waals surface area contributed by atoms with Gasteiger partial charge in [-0.3, -0.25) is 9.36 Å². The Morgan fingerprint density at radius 3 is 2.70 bits per heavy atom. The Labute approximate surface area is 170 Å². The first kappa shape index (κ1) is 18.3. The zero-order valence-corrected chi connectivity index (χ0v) is 17.3. The molecule has 0 bridgehead atoms. The molecule has 0 saturated heterocycles. The van der Waals surface area contributed by atoms with Crippen LogP contribution in [0.5, 0.6) is 0 Å². The molecule has 0 unspecified atom stereocenters. The van der Waals surface area contributed by atoms with Gasteiger partial charge in [0.15, 0.2) is 5.16 Å². The van der Waals surface area contributed by atoms with Gasteiger partial charge in [0.25, 0.3) is 5.56 Å². The third-order valence-electron chi connectivity index (χ3n) is 4.47. The number of nitrogens with zero attached hydrogens (tertiary/aromatic N) is 2. The van der Waals surface area contributed by atoms with Crippen molar-refractivity contribution in [2.75, 3.05) is 0 Å². The number of thioether (sulfide) groups is 1. The SMILES string of the molecule is Cc1cc(-n2c(SCc3ccccc3C)nc3ccsc3c2=O)ccc1Cl. The van der Waals surface area contributed by atoms with Gasteiger partial charge in [0.05, 0.1) is 11.2 Å². The molecule has 0 saturated carbocycles. The minimum absolute atomic E-state index is 0.0380. The maximum absolute atomic E-state index is 13.2. The molecular weight excluding hydrogens is 396 g/mol. The van der Waals surface area contributed by atoms with Crippen LogP contribution in [0.15, 0.2) is 63.9 Å². The molecule has 27 heavy (non-hydrogen) atoms. The van der Waals surface area contributed by atoms with Crippen LogP contribution in [0.2, 0.25) is 5.02 Å². The first-order valence-electron chi connectivity index (χ1n) is 8.48. The number of aryl methyl sites for hydroxylation is 2. The summed E-state index contributed by atoms with van der Waals surface area (Å²) in [6.45, 7) is 4.04. The molecule has 0 aliphatic rings. The summed E-state index contributed by atoms with van der Waals surface area (Å²) in [5.41, 5.74) is 4.90. The molecular formula is C21H17ClN2OS2. The lowest BCUT2D eigenvalue weighted by Crippen LogP contribution is -2.21. The monoisotopic (exact) mass is 412 g/mol. The van der Waals surface area contributed by atoms with Crippen LogP contribution < -0.4 is 5.56 Å². The van der Waals surface area contributed by atoms with Crippen LogP contribution in [0.4, 0.5) is 0 Å². The van der Waals surface area contributed by atoms with Gasteiger partial charge in [-0.05, 0) is 60.2 Å². The highest BCUT2D eigenvalue weighted by molar-refractivity contribution is 7.98. The Balaban J connectivity index is 1.84. The van der Waals surface area contributed by atoms with Crippen molar-refractivity contribution in [1.29, 1.82) is 0 Å². The van der Waals surface area contributed by atoms with Gasteiger partial charge in [-0.2, -0.15) is 0 Å². The molecule has 136 valence electrons. The third-order valence-corrected chi connectivity index (χ3v) is 6.77. The van der Waals surface area contributed by atoms with E-state index in [1.54, 1.807) is 16.3 Å². The maximum atomic E-state index is 13.2. The number of benzene rings is 2. The fourth-order valence-corrected chi connectivity index (χ4v) is 4.86. The van der Waals surface area contributed by atoms with Crippen LogP contribution >= 0.6 is 34.7 Å². The number of aromatic nitrogens is 2. The summed E-state index contributed by atoms with van der Waals surface area (Å²) >= 11 is 9.18. The summed E-state index contributed by atoms with van der Waals surface area (Å²) in [5, 5.41) is 3.29. The molecule has 4 aromatic rings. The van der Waals surface area contributed by atoms with E-state index >= 15 is 0 Å². The van der Waals surface area contributed by atoms with Crippen molar-refractivity contribution >= 4 is 44.9 Å². The lowest BCUT2D eigenvalue weighted by molar-refractivity contribution is 0.821. The number of halogens is 1. The molecule has 0 N–H and O–H groups in total. The summed E-state index contributed by atoms with van der Waals surface area (Å²) in [7, 11) is 0. The Hall–Kier alpha value is -2.08. The summed E-state index contributed by atoms with van der Waals surface area (Å²) in [4.78, 5) is 17.9. The molecule has 4 rings (SSSR count). The fourth-order valence-electron chi connectivity index (χ4n) is 2.90. The number of hydrogen-bond acceptors (Lipinski definition) is 4. The van der Waals surface area contributed by atoms with E-state index in [4.69, 9.17) is 16.6 Å². The van der Waals surface area contributed by atoms with Crippen LogP contribution in [0.1, 0.15) is 16.7 Å².